The lowest BCUT2D eigenvalue weighted by atomic mass is 10.2. The number of hydrogen-bond donors (Lipinski definition) is 2. The molecular weight excluding hydrogens is 178 g/mol. The minimum Gasteiger partial charge on any atom is -0.507 e. The summed E-state index contributed by atoms with van der Waals surface area (Å²) in [6, 6.07) is 7.36. The Labute approximate surface area is 82.2 Å². The number of phenolic OH excluding ortho intramolecular Hbond substituents is 1. The molecule has 0 saturated heterocycles. The zero-order valence-electron chi connectivity index (χ0n) is 7.85. The van der Waals surface area contributed by atoms with Crippen LogP contribution >= 0.6 is 0 Å². The first-order valence-electron chi connectivity index (χ1n) is 4.70. The number of aromatic nitrogens is 1. The van der Waals surface area contributed by atoms with Crippen molar-refractivity contribution in [1.82, 2.24) is 4.57 Å². The number of aryl methyl sites for hydroxylation is 1. The van der Waals surface area contributed by atoms with Gasteiger partial charge in [-0.2, -0.15) is 0 Å². The third-order valence-electron chi connectivity index (χ3n) is 2.35. The molecule has 1 aromatic carbocycles. The van der Waals surface area contributed by atoms with Crippen molar-refractivity contribution in [2.75, 3.05) is 6.61 Å². The van der Waals surface area contributed by atoms with Crippen molar-refractivity contribution in [2.45, 2.75) is 13.0 Å². The lowest BCUT2D eigenvalue weighted by Crippen LogP contribution is -1.97. The van der Waals surface area contributed by atoms with E-state index in [4.69, 9.17) is 5.11 Å². The van der Waals surface area contributed by atoms with Crippen LogP contribution in [0.15, 0.2) is 30.5 Å². The van der Waals surface area contributed by atoms with Gasteiger partial charge in [0.2, 0.25) is 0 Å². The molecule has 0 radical (unpaired) electrons. The number of aliphatic hydroxyl groups is 1. The van der Waals surface area contributed by atoms with Crippen molar-refractivity contribution in [2.24, 2.45) is 0 Å². The van der Waals surface area contributed by atoms with Crippen molar-refractivity contribution in [3.8, 4) is 5.75 Å². The van der Waals surface area contributed by atoms with Crippen LogP contribution in [0.4, 0.5) is 0 Å². The Morgan fingerprint density at radius 2 is 2.07 bits per heavy atom. The molecule has 14 heavy (non-hydrogen) atoms. The fourth-order valence-electron chi connectivity index (χ4n) is 1.64. The van der Waals surface area contributed by atoms with Crippen LogP contribution in [0.25, 0.3) is 10.9 Å². The molecule has 1 heterocycles. The van der Waals surface area contributed by atoms with Crippen molar-refractivity contribution in [3.05, 3.63) is 30.5 Å². The standard InChI is InChI=1S/C11H13NO2/c13-8-2-6-12-7-5-9-10(12)3-1-4-11(9)14/h1,3-5,7,13-14H,2,6,8H2. The second kappa shape index (κ2) is 3.72. The van der Waals surface area contributed by atoms with Crippen molar-refractivity contribution < 1.29 is 10.2 Å². The van der Waals surface area contributed by atoms with E-state index in [1.54, 1.807) is 6.07 Å². The lowest BCUT2D eigenvalue weighted by molar-refractivity contribution is 0.280. The van der Waals surface area contributed by atoms with Crippen LogP contribution in [0.1, 0.15) is 6.42 Å². The second-order valence-corrected chi connectivity index (χ2v) is 3.30. The molecule has 3 heteroatoms. The average molecular weight is 191 g/mol. The molecule has 0 aliphatic heterocycles. The third kappa shape index (κ3) is 1.46. The van der Waals surface area contributed by atoms with E-state index in [-0.39, 0.29) is 6.61 Å². The number of aromatic hydroxyl groups is 1. The summed E-state index contributed by atoms with van der Waals surface area (Å²) in [4.78, 5) is 0. The largest absolute Gasteiger partial charge is 0.507 e. The van der Waals surface area contributed by atoms with E-state index < -0.39 is 0 Å². The van der Waals surface area contributed by atoms with E-state index in [2.05, 4.69) is 0 Å². The molecule has 0 bridgehead atoms. The van der Waals surface area contributed by atoms with E-state index in [0.29, 0.717) is 5.75 Å². The van der Waals surface area contributed by atoms with Crippen LogP contribution in [-0.2, 0) is 6.54 Å². The van der Waals surface area contributed by atoms with E-state index in [1.165, 1.54) is 0 Å². The van der Waals surface area contributed by atoms with E-state index in [9.17, 15) is 5.11 Å². The molecule has 74 valence electrons. The third-order valence-corrected chi connectivity index (χ3v) is 2.35. The predicted octanol–water partition coefficient (Wildman–Crippen LogP) is 1.73. The molecule has 2 rings (SSSR count). The molecule has 2 N–H and O–H groups in total. The number of aliphatic hydroxyl groups excluding tert-OH is 1. The highest BCUT2D eigenvalue weighted by atomic mass is 16.3. The van der Waals surface area contributed by atoms with Crippen molar-refractivity contribution in [3.63, 3.8) is 0 Å². The van der Waals surface area contributed by atoms with Crippen LogP contribution in [0.2, 0.25) is 0 Å². The molecule has 2 aromatic rings. The smallest absolute Gasteiger partial charge is 0.124 e. The molecule has 0 spiro atoms. The molecule has 1 aromatic heterocycles. The van der Waals surface area contributed by atoms with Gasteiger partial charge >= 0.3 is 0 Å². The summed E-state index contributed by atoms with van der Waals surface area (Å²) < 4.78 is 2.03. The van der Waals surface area contributed by atoms with Gasteiger partial charge in [-0.25, -0.2) is 0 Å². The molecule has 0 aliphatic carbocycles. The number of fused-ring (bicyclic) bond motifs is 1. The SMILES string of the molecule is OCCCn1ccc2c(O)cccc21. The van der Waals surface area contributed by atoms with Gasteiger partial charge in [-0.1, -0.05) is 6.07 Å². The van der Waals surface area contributed by atoms with Gasteiger partial charge < -0.3 is 14.8 Å². The number of rotatable bonds is 3. The molecule has 0 saturated carbocycles. The maximum absolute atomic E-state index is 9.55. The summed E-state index contributed by atoms with van der Waals surface area (Å²) in [5.41, 5.74) is 1.01. The fourth-order valence-corrected chi connectivity index (χ4v) is 1.64. The maximum Gasteiger partial charge on any atom is 0.124 e. The highest BCUT2D eigenvalue weighted by Gasteiger charge is 2.03. The van der Waals surface area contributed by atoms with Crippen molar-refractivity contribution in [1.29, 1.82) is 0 Å². The van der Waals surface area contributed by atoms with Crippen molar-refractivity contribution >= 4 is 10.9 Å². The highest BCUT2D eigenvalue weighted by molar-refractivity contribution is 5.86. The van der Waals surface area contributed by atoms with Gasteiger partial charge in [0.15, 0.2) is 0 Å². The molecule has 3 nitrogen and oxygen atoms in total. The second-order valence-electron chi connectivity index (χ2n) is 3.30. The minimum absolute atomic E-state index is 0.193. The molecule has 0 fully saturated rings. The topological polar surface area (TPSA) is 45.4 Å². The van der Waals surface area contributed by atoms with E-state index >= 15 is 0 Å². The number of phenols is 1. The molecular formula is C11H13NO2. The number of benzene rings is 1. The first kappa shape index (κ1) is 9.09. The number of hydrogen-bond acceptors (Lipinski definition) is 2. The normalized spacial score (nSPS) is 10.9. The quantitative estimate of drug-likeness (QED) is 0.776. The molecule has 0 unspecified atom stereocenters. The maximum atomic E-state index is 9.55. The van der Waals surface area contributed by atoms with Crippen LogP contribution in [0, 0.1) is 0 Å². The van der Waals surface area contributed by atoms with Crippen LogP contribution in [-0.4, -0.2) is 21.4 Å². The van der Waals surface area contributed by atoms with Gasteiger partial charge in [-0.3, -0.25) is 0 Å². The summed E-state index contributed by atoms with van der Waals surface area (Å²) >= 11 is 0. The van der Waals surface area contributed by atoms with E-state index in [1.807, 2.05) is 29.0 Å². The summed E-state index contributed by atoms with van der Waals surface area (Å²) in [5, 5.41) is 19.1. The zero-order chi connectivity index (χ0) is 9.97. The summed E-state index contributed by atoms with van der Waals surface area (Å²) in [6.45, 7) is 0.974. The highest BCUT2D eigenvalue weighted by Crippen LogP contribution is 2.25. The monoisotopic (exact) mass is 191 g/mol. The van der Waals surface area contributed by atoms with Gasteiger partial charge in [0.1, 0.15) is 5.75 Å². The van der Waals surface area contributed by atoms with Crippen LogP contribution in [0.3, 0.4) is 0 Å². The Kier molecular flexibility index (Phi) is 2.41. The summed E-state index contributed by atoms with van der Waals surface area (Å²) in [6.07, 6.45) is 2.67. The Morgan fingerprint density at radius 1 is 1.21 bits per heavy atom. The van der Waals surface area contributed by atoms with Gasteiger partial charge in [0.05, 0.1) is 5.52 Å². The van der Waals surface area contributed by atoms with Gasteiger partial charge in [-0.15, -0.1) is 0 Å². The average Bonchev–Trinajstić information content (AvgIpc) is 2.60. The summed E-state index contributed by atoms with van der Waals surface area (Å²) in [7, 11) is 0. The van der Waals surface area contributed by atoms with Gasteiger partial charge in [-0.05, 0) is 24.6 Å². The fraction of sp³-hybridized carbons (Fsp3) is 0.273. The first-order valence-corrected chi connectivity index (χ1v) is 4.70. The molecule has 0 amide bonds. The summed E-state index contributed by atoms with van der Waals surface area (Å²) in [5.74, 6) is 0.310. The van der Waals surface area contributed by atoms with E-state index in [0.717, 1.165) is 23.9 Å². The van der Waals surface area contributed by atoms with Crippen LogP contribution in [0.5, 0.6) is 5.75 Å². The Morgan fingerprint density at radius 3 is 2.86 bits per heavy atom. The Hall–Kier alpha value is -1.48. The minimum atomic E-state index is 0.193. The zero-order valence-corrected chi connectivity index (χ0v) is 7.85. The predicted molar refractivity (Wildman–Crippen MR) is 55.3 cm³/mol. The first-order chi connectivity index (χ1) is 6.83. The van der Waals surface area contributed by atoms with Gasteiger partial charge in [0, 0.05) is 24.7 Å². The Bertz CT molecular complexity index is 434. The molecule has 0 atom stereocenters. The van der Waals surface area contributed by atoms with Gasteiger partial charge in [0.25, 0.3) is 0 Å². The van der Waals surface area contributed by atoms with Crippen LogP contribution < -0.4 is 0 Å². The Balaban J connectivity index is 2.42. The lowest BCUT2D eigenvalue weighted by Gasteiger charge is -2.03. The number of nitrogens with zero attached hydrogens (tertiary/aromatic N) is 1. The molecule has 0 aliphatic rings.